The minimum atomic E-state index is -0.0308. The van der Waals surface area contributed by atoms with Crippen LogP contribution in [0, 0.1) is 29.1 Å². The van der Waals surface area contributed by atoms with Crippen molar-refractivity contribution in [1.82, 2.24) is 5.32 Å². The maximum atomic E-state index is 12.6. The molecule has 1 amide bonds. The van der Waals surface area contributed by atoms with Crippen molar-refractivity contribution in [2.75, 3.05) is 0 Å². The molecule has 2 saturated carbocycles. The summed E-state index contributed by atoms with van der Waals surface area (Å²) in [6.45, 7) is 6.63. The van der Waals surface area contributed by atoms with Crippen LogP contribution in [0.1, 0.15) is 52.0 Å². The molecule has 2 aliphatic carbocycles. The highest BCUT2D eigenvalue weighted by atomic mass is 16.6. The van der Waals surface area contributed by atoms with Crippen molar-refractivity contribution in [3.05, 3.63) is 35.9 Å². The van der Waals surface area contributed by atoms with E-state index in [1.165, 1.54) is 0 Å². The van der Waals surface area contributed by atoms with Gasteiger partial charge in [0.1, 0.15) is 6.10 Å². The van der Waals surface area contributed by atoms with E-state index in [0.29, 0.717) is 24.2 Å². The largest absolute Gasteiger partial charge is 0.462 e. The lowest BCUT2D eigenvalue weighted by Crippen LogP contribution is -2.57. The van der Waals surface area contributed by atoms with Gasteiger partial charge in [-0.25, -0.2) is 0 Å². The Morgan fingerprint density at radius 1 is 1.19 bits per heavy atom. The number of fused-ring (bicyclic) bond motifs is 3. The molecule has 4 heteroatoms. The van der Waals surface area contributed by atoms with Gasteiger partial charge in [0, 0.05) is 17.9 Å². The Balaban J connectivity index is 1.47. The number of rotatable bonds is 3. The van der Waals surface area contributed by atoms with Crippen LogP contribution in [0.3, 0.4) is 0 Å². The fourth-order valence-electron chi connectivity index (χ4n) is 6.07. The number of ether oxygens (including phenoxy) is 1. The molecule has 0 bridgehead atoms. The minimum Gasteiger partial charge on any atom is -0.462 e. The Hall–Kier alpha value is -1.84. The molecule has 1 heterocycles. The zero-order chi connectivity index (χ0) is 19.2. The zero-order valence-corrected chi connectivity index (χ0v) is 16.6. The van der Waals surface area contributed by atoms with Crippen LogP contribution in [0.25, 0.3) is 0 Å². The molecule has 1 aliphatic heterocycles. The summed E-state index contributed by atoms with van der Waals surface area (Å²) in [4.78, 5) is 24.8. The molecule has 3 fully saturated rings. The van der Waals surface area contributed by atoms with Gasteiger partial charge in [-0.05, 0) is 42.6 Å². The number of hydrogen-bond acceptors (Lipinski definition) is 3. The highest BCUT2D eigenvalue weighted by Crippen LogP contribution is 2.57. The van der Waals surface area contributed by atoms with E-state index >= 15 is 0 Å². The summed E-state index contributed by atoms with van der Waals surface area (Å²) in [5, 5.41) is 3.29. The highest BCUT2D eigenvalue weighted by molar-refractivity contribution is 5.79. The summed E-state index contributed by atoms with van der Waals surface area (Å²) in [5.41, 5.74) is 1.26. The molecular formula is C23H31NO3. The summed E-state index contributed by atoms with van der Waals surface area (Å²) in [5.74, 6) is 1.06. The van der Waals surface area contributed by atoms with Crippen molar-refractivity contribution in [2.45, 2.75) is 65.0 Å². The third-order valence-corrected chi connectivity index (χ3v) is 7.68. The lowest BCUT2D eigenvalue weighted by molar-refractivity contribution is -0.154. The lowest BCUT2D eigenvalue weighted by atomic mass is 9.52. The summed E-state index contributed by atoms with van der Waals surface area (Å²) >= 11 is 0. The van der Waals surface area contributed by atoms with Gasteiger partial charge in [-0.15, -0.1) is 0 Å². The fourth-order valence-corrected chi connectivity index (χ4v) is 6.07. The van der Waals surface area contributed by atoms with E-state index in [4.69, 9.17) is 4.74 Å². The van der Waals surface area contributed by atoms with Crippen LogP contribution in [0.4, 0.5) is 0 Å². The molecule has 0 aromatic heterocycles. The SMILES string of the molecule is CC1C(=O)OC2C1CCC1(C)CCC(NC(=O)Cc3ccccc3)C(C)C21. The average Bonchev–Trinajstić information content (AvgIpc) is 2.92. The molecule has 0 spiro atoms. The Kier molecular flexibility index (Phi) is 4.77. The third-order valence-electron chi connectivity index (χ3n) is 7.68. The monoisotopic (exact) mass is 369 g/mol. The van der Waals surface area contributed by atoms with E-state index in [1.807, 2.05) is 37.3 Å². The molecule has 27 heavy (non-hydrogen) atoms. The maximum Gasteiger partial charge on any atom is 0.309 e. The second kappa shape index (κ2) is 6.96. The zero-order valence-electron chi connectivity index (χ0n) is 16.6. The van der Waals surface area contributed by atoms with E-state index in [1.54, 1.807) is 0 Å². The molecule has 1 aromatic carbocycles. The first-order chi connectivity index (χ1) is 12.9. The van der Waals surface area contributed by atoms with Gasteiger partial charge in [0.25, 0.3) is 0 Å². The van der Waals surface area contributed by atoms with Crippen LogP contribution >= 0.6 is 0 Å². The first-order valence-electron chi connectivity index (χ1n) is 10.4. The number of carbonyl (C=O) groups excluding carboxylic acids is 2. The van der Waals surface area contributed by atoms with Gasteiger partial charge in [0.2, 0.25) is 5.91 Å². The van der Waals surface area contributed by atoms with E-state index in [2.05, 4.69) is 19.2 Å². The molecule has 4 nitrogen and oxygen atoms in total. The summed E-state index contributed by atoms with van der Waals surface area (Å²) < 4.78 is 5.88. The van der Waals surface area contributed by atoms with E-state index < -0.39 is 0 Å². The van der Waals surface area contributed by atoms with Crippen LogP contribution in [-0.4, -0.2) is 24.0 Å². The quantitative estimate of drug-likeness (QED) is 0.826. The first-order valence-corrected chi connectivity index (χ1v) is 10.4. The van der Waals surface area contributed by atoms with Crippen molar-refractivity contribution in [3.63, 3.8) is 0 Å². The van der Waals surface area contributed by atoms with Crippen LogP contribution in [-0.2, 0) is 20.7 Å². The molecule has 1 N–H and O–H groups in total. The molecule has 7 unspecified atom stereocenters. The standard InChI is InChI=1S/C23H31NO3/c1-14-17-9-11-23(3)12-10-18(15(2)20(23)21(17)27-22(14)26)24-19(25)13-16-7-5-4-6-8-16/h4-8,14-15,17-18,20-21H,9-13H2,1-3H3,(H,24,25). The number of carbonyl (C=O) groups is 2. The molecule has 4 rings (SSSR count). The van der Waals surface area contributed by atoms with Crippen molar-refractivity contribution in [1.29, 1.82) is 0 Å². The fraction of sp³-hybridized carbons (Fsp3) is 0.652. The topological polar surface area (TPSA) is 55.4 Å². The Morgan fingerprint density at radius 3 is 2.63 bits per heavy atom. The first kappa shape index (κ1) is 18.5. The number of esters is 1. The van der Waals surface area contributed by atoms with Gasteiger partial charge < -0.3 is 10.1 Å². The molecule has 3 aliphatic rings. The van der Waals surface area contributed by atoms with Gasteiger partial charge in [-0.2, -0.15) is 0 Å². The summed E-state index contributed by atoms with van der Waals surface area (Å²) in [7, 11) is 0. The normalized spacial score (nSPS) is 40.6. The smallest absolute Gasteiger partial charge is 0.309 e. The minimum absolute atomic E-state index is 0.0137. The highest BCUT2D eigenvalue weighted by Gasteiger charge is 2.58. The van der Waals surface area contributed by atoms with Gasteiger partial charge in [0.05, 0.1) is 12.3 Å². The van der Waals surface area contributed by atoms with E-state index in [-0.39, 0.29) is 35.4 Å². The molecule has 0 radical (unpaired) electrons. The van der Waals surface area contributed by atoms with Crippen molar-refractivity contribution >= 4 is 11.9 Å². The molecule has 1 saturated heterocycles. The van der Waals surface area contributed by atoms with Crippen molar-refractivity contribution in [3.8, 4) is 0 Å². The van der Waals surface area contributed by atoms with Crippen LogP contribution in [0.5, 0.6) is 0 Å². The van der Waals surface area contributed by atoms with Gasteiger partial charge >= 0.3 is 5.97 Å². The Morgan fingerprint density at radius 2 is 1.89 bits per heavy atom. The number of hydrogen-bond donors (Lipinski definition) is 1. The maximum absolute atomic E-state index is 12.6. The predicted octanol–water partition coefficient (Wildman–Crippen LogP) is 3.74. The molecule has 1 aromatic rings. The molecule has 146 valence electrons. The van der Waals surface area contributed by atoms with E-state index in [0.717, 1.165) is 31.2 Å². The molecular weight excluding hydrogens is 338 g/mol. The molecule has 7 atom stereocenters. The third kappa shape index (κ3) is 3.28. The Labute approximate surface area is 162 Å². The second-order valence-electron chi connectivity index (χ2n) is 9.31. The number of nitrogens with one attached hydrogen (secondary N) is 1. The van der Waals surface area contributed by atoms with Crippen LogP contribution < -0.4 is 5.32 Å². The van der Waals surface area contributed by atoms with Crippen LogP contribution in [0.15, 0.2) is 30.3 Å². The second-order valence-corrected chi connectivity index (χ2v) is 9.31. The number of benzene rings is 1. The lowest BCUT2D eigenvalue weighted by Gasteiger charge is -2.54. The van der Waals surface area contributed by atoms with Crippen molar-refractivity contribution in [2.24, 2.45) is 29.1 Å². The van der Waals surface area contributed by atoms with Crippen LogP contribution in [0.2, 0.25) is 0 Å². The van der Waals surface area contributed by atoms with Crippen molar-refractivity contribution < 1.29 is 14.3 Å². The number of amides is 1. The average molecular weight is 370 g/mol. The van der Waals surface area contributed by atoms with Gasteiger partial charge in [0.15, 0.2) is 0 Å². The van der Waals surface area contributed by atoms with Gasteiger partial charge in [-0.3, -0.25) is 9.59 Å². The predicted molar refractivity (Wildman–Crippen MR) is 104 cm³/mol. The summed E-state index contributed by atoms with van der Waals surface area (Å²) in [6.07, 6.45) is 4.79. The summed E-state index contributed by atoms with van der Waals surface area (Å²) in [6, 6.07) is 10.0. The van der Waals surface area contributed by atoms with Gasteiger partial charge in [-0.1, -0.05) is 51.1 Å². The van der Waals surface area contributed by atoms with E-state index in [9.17, 15) is 9.59 Å². The Bertz CT molecular complexity index is 718.